The molecule has 4 unspecified atom stereocenters. The summed E-state index contributed by atoms with van der Waals surface area (Å²) in [4.78, 5) is 27.8. The summed E-state index contributed by atoms with van der Waals surface area (Å²) in [5.41, 5.74) is 4.90. The van der Waals surface area contributed by atoms with Gasteiger partial charge in [-0.2, -0.15) is 10.1 Å². The van der Waals surface area contributed by atoms with Crippen LogP contribution in [-0.4, -0.2) is 47.2 Å². The number of para-hydroxylation sites is 1. The van der Waals surface area contributed by atoms with Crippen molar-refractivity contribution in [1.29, 1.82) is 0 Å². The fourth-order valence-corrected chi connectivity index (χ4v) is 4.29. The van der Waals surface area contributed by atoms with Gasteiger partial charge in [-0.3, -0.25) is 13.9 Å². The maximum atomic E-state index is 13.4. The van der Waals surface area contributed by atoms with Gasteiger partial charge in [0.05, 0.1) is 12.7 Å². The largest absolute Gasteiger partial charge is 0.462 e. The second kappa shape index (κ2) is 10.9. The first-order chi connectivity index (χ1) is 15.6. The Labute approximate surface area is 190 Å². The van der Waals surface area contributed by atoms with Crippen molar-refractivity contribution < 1.29 is 32.6 Å². The first-order valence-electron chi connectivity index (χ1n) is 10.2. The van der Waals surface area contributed by atoms with Crippen molar-refractivity contribution in [2.24, 2.45) is 0 Å². The molecule has 0 bridgehead atoms. The van der Waals surface area contributed by atoms with Gasteiger partial charge in [0.15, 0.2) is 12.5 Å². The molecule has 0 aliphatic carbocycles. The van der Waals surface area contributed by atoms with E-state index < -0.39 is 38.0 Å². The Morgan fingerprint density at radius 3 is 2.70 bits per heavy atom. The van der Waals surface area contributed by atoms with Crippen LogP contribution in [0.2, 0.25) is 0 Å². The van der Waals surface area contributed by atoms with E-state index in [2.05, 4.69) is 10.1 Å². The number of nitrogens with one attached hydrogen (secondary N) is 1. The molecule has 13 heteroatoms. The number of hydrogen-bond acceptors (Lipinski definition) is 10. The summed E-state index contributed by atoms with van der Waals surface area (Å²) in [6.45, 7) is 4.61. The predicted molar refractivity (Wildman–Crippen MR) is 117 cm³/mol. The minimum atomic E-state index is -4.06. The van der Waals surface area contributed by atoms with Gasteiger partial charge in [-0.25, -0.2) is 9.36 Å². The highest BCUT2D eigenvalue weighted by Gasteiger charge is 2.36. The van der Waals surface area contributed by atoms with Crippen molar-refractivity contribution in [3.63, 3.8) is 0 Å². The molecule has 3 rings (SSSR count). The van der Waals surface area contributed by atoms with Gasteiger partial charge < -0.3 is 24.5 Å². The lowest BCUT2D eigenvalue weighted by Crippen LogP contribution is -2.36. The van der Waals surface area contributed by atoms with Crippen molar-refractivity contribution in [2.75, 3.05) is 18.9 Å². The number of nitrogen functional groups attached to an aromatic ring is 1. The lowest BCUT2D eigenvalue weighted by molar-refractivity contribution is -0.149. The standard InChI is InChI=1S/C20H27N4O8P/c1-13(2)30-19(25)14(3)23-33(27,32-15-7-5-4-6-8-15)29-12-18-28-11-17(31-18)24-10-9-16(21)22-20(24)26/h4-10,13-14,17-18H,11-12H2,1-3H3,(H,23,27)(H2,21,22,26). The van der Waals surface area contributed by atoms with Gasteiger partial charge >= 0.3 is 19.4 Å². The fourth-order valence-electron chi connectivity index (χ4n) is 2.82. The molecule has 2 heterocycles. The molecular formula is C20H27N4O8P. The van der Waals surface area contributed by atoms with E-state index in [0.29, 0.717) is 0 Å². The molecule has 0 spiro atoms. The Morgan fingerprint density at radius 1 is 1.30 bits per heavy atom. The number of esters is 1. The SMILES string of the molecule is CC(C)OC(=O)C(C)NP(=O)(OCC1OCC(n2ccc(N)nc2=O)O1)Oc1ccccc1. The fraction of sp³-hybridized carbons (Fsp3) is 0.450. The first kappa shape index (κ1) is 24.9. The van der Waals surface area contributed by atoms with Crippen molar-refractivity contribution in [3.05, 3.63) is 53.1 Å². The lowest BCUT2D eigenvalue weighted by Gasteiger charge is -2.24. The molecule has 3 N–H and O–H groups in total. The number of nitrogens with two attached hydrogens (primary N) is 1. The van der Waals surface area contributed by atoms with Gasteiger partial charge in [-0.15, -0.1) is 0 Å². The number of benzene rings is 1. The second-order valence-corrected chi connectivity index (χ2v) is 9.12. The van der Waals surface area contributed by atoms with E-state index in [0.717, 1.165) is 0 Å². The van der Waals surface area contributed by atoms with Crippen molar-refractivity contribution >= 4 is 19.5 Å². The van der Waals surface area contributed by atoms with E-state index >= 15 is 0 Å². The highest BCUT2D eigenvalue weighted by molar-refractivity contribution is 7.52. The quantitative estimate of drug-likeness (QED) is 0.377. The average molecular weight is 482 g/mol. The van der Waals surface area contributed by atoms with Crippen LogP contribution in [0.15, 0.2) is 47.4 Å². The lowest BCUT2D eigenvalue weighted by atomic mass is 10.3. The summed E-state index contributed by atoms with van der Waals surface area (Å²) < 4.78 is 42.0. The summed E-state index contributed by atoms with van der Waals surface area (Å²) in [5, 5.41) is 2.58. The number of aromatic nitrogens is 2. The van der Waals surface area contributed by atoms with Crippen LogP contribution >= 0.6 is 7.75 Å². The highest BCUT2D eigenvalue weighted by Crippen LogP contribution is 2.45. The highest BCUT2D eigenvalue weighted by atomic mass is 31.2. The second-order valence-electron chi connectivity index (χ2n) is 7.43. The Kier molecular flexibility index (Phi) is 8.22. The number of rotatable bonds is 10. The zero-order chi connectivity index (χ0) is 24.0. The zero-order valence-corrected chi connectivity index (χ0v) is 19.3. The molecule has 33 heavy (non-hydrogen) atoms. The van der Waals surface area contributed by atoms with Crippen LogP contribution in [0.4, 0.5) is 5.82 Å². The summed E-state index contributed by atoms with van der Waals surface area (Å²) in [5.74, 6) is -0.261. The molecule has 0 amide bonds. The van der Waals surface area contributed by atoms with Gasteiger partial charge in [0, 0.05) is 6.20 Å². The Balaban J connectivity index is 1.66. The molecule has 2 aromatic rings. The molecular weight excluding hydrogens is 455 g/mol. The molecule has 4 atom stereocenters. The third-order valence-corrected chi connectivity index (χ3v) is 5.95. The molecule has 180 valence electrons. The third-order valence-electron chi connectivity index (χ3n) is 4.30. The van der Waals surface area contributed by atoms with Gasteiger partial charge in [0.25, 0.3) is 0 Å². The molecule has 1 fully saturated rings. The third kappa shape index (κ3) is 7.11. The van der Waals surface area contributed by atoms with Crippen LogP contribution in [0.5, 0.6) is 5.75 Å². The summed E-state index contributed by atoms with van der Waals surface area (Å²) >= 11 is 0. The van der Waals surface area contributed by atoms with Crippen molar-refractivity contribution in [1.82, 2.24) is 14.6 Å². The molecule has 1 aromatic heterocycles. The molecule has 0 radical (unpaired) electrons. The van der Waals surface area contributed by atoms with Crippen LogP contribution in [0.1, 0.15) is 27.0 Å². The number of carbonyl (C=O) groups is 1. The Hall–Kier alpha value is -2.76. The van der Waals surface area contributed by atoms with E-state index in [1.165, 1.54) is 23.8 Å². The first-order valence-corrected chi connectivity index (χ1v) is 11.8. The zero-order valence-electron chi connectivity index (χ0n) is 18.5. The number of anilines is 1. The molecule has 12 nitrogen and oxygen atoms in total. The minimum Gasteiger partial charge on any atom is -0.462 e. The van der Waals surface area contributed by atoms with Crippen LogP contribution < -0.4 is 21.0 Å². The molecule has 1 saturated heterocycles. The summed E-state index contributed by atoms with van der Waals surface area (Å²) in [6.07, 6.45) is -0.622. The van der Waals surface area contributed by atoms with E-state index in [1.807, 2.05) is 0 Å². The molecule has 1 aliphatic rings. The van der Waals surface area contributed by atoms with Crippen molar-refractivity contribution in [3.8, 4) is 5.75 Å². The summed E-state index contributed by atoms with van der Waals surface area (Å²) in [6, 6.07) is 8.81. The maximum Gasteiger partial charge on any atom is 0.459 e. The monoisotopic (exact) mass is 482 g/mol. The molecule has 0 saturated carbocycles. The van der Waals surface area contributed by atoms with Gasteiger partial charge in [0.1, 0.15) is 24.2 Å². The maximum absolute atomic E-state index is 13.4. The predicted octanol–water partition coefficient (Wildman–Crippen LogP) is 1.83. The average Bonchev–Trinajstić information content (AvgIpc) is 3.21. The van der Waals surface area contributed by atoms with Crippen molar-refractivity contribution in [2.45, 2.75) is 45.4 Å². The number of nitrogens with zero attached hydrogens (tertiary/aromatic N) is 2. The Morgan fingerprint density at radius 2 is 2.03 bits per heavy atom. The number of hydrogen-bond donors (Lipinski definition) is 2. The van der Waals surface area contributed by atoms with E-state index in [4.69, 9.17) is 29.0 Å². The normalized spacial score (nSPS) is 20.8. The smallest absolute Gasteiger partial charge is 0.459 e. The topological polar surface area (TPSA) is 153 Å². The van der Waals surface area contributed by atoms with Crippen LogP contribution in [0.25, 0.3) is 0 Å². The van der Waals surface area contributed by atoms with E-state index in [1.54, 1.807) is 44.2 Å². The number of ether oxygens (including phenoxy) is 3. The van der Waals surface area contributed by atoms with E-state index in [9.17, 15) is 14.2 Å². The Bertz CT molecular complexity index is 1050. The number of carbonyl (C=O) groups excluding carboxylic acids is 1. The van der Waals surface area contributed by atoms with Crippen LogP contribution in [0, 0.1) is 0 Å². The summed E-state index contributed by atoms with van der Waals surface area (Å²) in [7, 11) is -4.06. The van der Waals surface area contributed by atoms with Crippen LogP contribution in [0.3, 0.4) is 0 Å². The van der Waals surface area contributed by atoms with Gasteiger partial charge in [0.2, 0.25) is 0 Å². The van der Waals surface area contributed by atoms with Gasteiger partial charge in [-0.1, -0.05) is 18.2 Å². The molecule has 1 aromatic carbocycles. The van der Waals surface area contributed by atoms with Gasteiger partial charge in [-0.05, 0) is 39.0 Å². The molecule has 1 aliphatic heterocycles. The van der Waals surface area contributed by atoms with Crippen LogP contribution in [-0.2, 0) is 28.1 Å². The van der Waals surface area contributed by atoms with E-state index in [-0.39, 0.29) is 30.9 Å². The minimum absolute atomic E-state index is 0.0356.